The molecule has 2 aromatic rings. The Balaban J connectivity index is 2.17. The summed E-state index contributed by atoms with van der Waals surface area (Å²) in [5, 5.41) is 4.60. The molecule has 0 spiro atoms. The Labute approximate surface area is 127 Å². The van der Waals surface area contributed by atoms with Crippen LogP contribution in [0.4, 0.5) is 5.69 Å². The molecule has 0 radical (unpaired) electrons. The lowest BCUT2D eigenvalue weighted by Crippen LogP contribution is -2.13. The first kappa shape index (κ1) is 14.1. The Kier molecular flexibility index (Phi) is 4.64. The SMILES string of the molecule is NC(=S)c1cc(Cl)ccc1NCc1cccc(Cl)c1. The number of rotatable bonds is 4. The molecular weight excluding hydrogens is 299 g/mol. The normalized spacial score (nSPS) is 10.2. The summed E-state index contributed by atoms with van der Waals surface area (Å²) in [6, 6.07) is 13.1. The Hall–Kier alpha value is -1.29. The zero-order chi connectivity index (χ0) is 13.8. The highest BCUT2D eigenvalue weighted by Crippen LogP contribution is 2.21. The molecule has 0 aliphatic rings. The summed E-state index contributed by atoms with van der Waals surface area (Å²) < 4.78 is 0. The molecule has 0 atom stereocenters. The van der Waals surface area contributed by atoms with Crippen molar-refractivity contribution in [3.8, 4) is 0 Å². The highest BCUT2D eigenvalue weighted by atomic mass is 35.5. The fourth-order valence-corrected chi connectivity index (χ4v) is 2.27. The summed E-state index contributed by atoms with van der Waals surface area (Å²) in [5.41, 5.74) is 8.37. The molecule has 2 rings (SSSR count). The molecule has 0 unspecified atom stereocenters. The van der Waals surface area contributed by atoms with Gasteiger partial charge in [0, 0.05) is 27.8 Å². The second kappa shape index (κ2) is 6.24. The van der Waals surface area contributed by atoms with Gasteiger partial charge in [-0.05, 0) is 35.9 Å². The van der Waals surface area contributed by atoms with Crippen molar-refractivity contribution >= 4 is 46.1 Å². The number of anilines is 1. The minimum atomic E-state index is 0.316. The van der Waals surface area contributed by atoms with E-state index in [0.29, 0.717) is 21.6 Å². The third-order valence-corrected chi connectivity index (χ3v) is 3.31. The van der Waals surface area contributed by atoms with Crippen molar-refractivity contribution in [3.05, 3.63) is 63.6 Å². The number of thiocarbonyl (C=S) groups is 1. The van der Waals surface area contributed by atoms with Gasteiger partial charge in [-0.25, -0.2) is 0 Å². The van der Waals surface area contributed by atoms with Crippen LogP contribution in [0.25, 0.3) is 0 Å². The minimum Gasteiger partial charge on any atom is -0.389 e. The van der Waals surface area contributed by atoms with E-state index in [1.807, 2.05) is 30.3 Å². The third-order valence-electron chi connectivity index (χ3n) is 2.62. The van der Waals surface area contributed by atoms with E-state index in [2.05, 4.69) is 5.32 Å². The lowest BCUT2D eigenvalue weighted by molar-refractivity contribution is 1.15. The van der Waals surface area contributed by atoms with Crippen molar-refractivity contribution in [1.82, 2.24) is 0 Å². The van der Waals surface area contributed by atoms with Gasteiger partial charge >= 0.3 is 0 Å². The predicted octanol–water partition coefficient (Wildman–Crippen LogP) is 4.24. The Morgan fingerprint density at radius 3 is 2.53 bits per heavy atom. The number of halogens is 2. The molecule has 2 nitrogen and oxygen atoms in total. The second-order valence-electron chi connectivity index (χ2n) is 4.04. The predicted molar refractivity (Wildman–Crippen MR) is 86.1 cm³/mol. The molecule has 0 bridgehead atoms. The van der Waals surface area contributed by atoms with Gasteiger partial charge in [0.1, 0.15) is 4.99 Å². The molecule has 98 valence electrons. The Morgan fingerprint density at radius 2 is 1.84 bits per heavy atom. The number of hydrogen-bond acceptors (Lipinski definition) is 2. The number of hydrogen-bond donors (Lipinski definition) is 2. The molecule has 0 aliphatic carbocycles. The molecule has 19 heavy (non-hydrogen) atoms. The first-order valence-corrected chi connectivity index (χ1v) is 6.80. The van der Waals surface area contributed by atoms with Crippen molar-refractivity contribution in [2.45, 2.75) is 6.54 Å². The highest BCUT2D eigenvalue weighted by molar-refractivity contribution is 7.80. The third kappa shape index (κ3) is 3.83. The van der Waals surface area contributed by atoms with E-state index in [1.54, 1.807) is 12.1 Å². The van der Waals surface area contributed by atoms with Crippen LogP contribution in [-0.2, 0) is 6.54 Å². The van der Waals surface area contributed by atoms with E-state index < -0.39 is 0 Å². The Morgan fingerprint density at radius 1 is 1.11 bits per heavy atom. The van der Waals surface area contributed by atoms with Gasteiger partial charge in [0.15, 0.2) is 0 Å². The summed E-state index contributed by atoms with van der Waals surface area (Å²) in [7, 11) is 0. The zero-order valence-corrected chi connectivity index (χ0v) is 12.3. The summed E-state index contributed by atoms with van der Waals surface area (Å²) in [6.45, 7) is 0.637. The Bertz CT molecular complexity index is 614. The molecule has 5 heteroatoms. The average Bonchev–Trinajstić information content (AvgIpc) is 2.37. The van der Waals surface area contributed by atoms with Crippen molar-refractivity contribution < 1.29 is 0 Å². The van der Waals surface area contributed by atoms with Gasteiger partial charge < -0.3 is 11.1 Å². The maximum absolute atomic E-state index is 5.94. The summed E-state index contributed by atoms with van der Waals surface area (Å²) >= 11 is 16.9. The van der Waals surface area contributed by atoms with Crippen LogP contribution < -0.4 is 11.1 Å². The number of nitrogens with two attached hydrogens (primary N) is 1. The zero-order valence-electron chi connectivity index (χ0n) is 9.99. The molecule has 0 aliphatic heterocycles. The largest absolute Gasteiger partial charge is 0.389 e. The van der Waals surface area contributed by atoms with Crippen molar-refractivity contribution in [2.75, 3.05) is 5.32 Å². The van der Waals surface area contributed by atoms with Crippen LogP contribution in [0.15, 0.2) is 42.5 Å². The van der Waals surface area contributed by atoms with Crippen LogP contribution in [0.5, 0.6) is 0 Å². The lowest BCUT2D eigenvalue weighted by atomic mass is 10.1. The standard InChI is InChI=1S/C14H12Cl2N2S/c15-10-3-1-2-9(6-10)8-18-13-5-4-11(16)7-12(13)14(17)19/h1-7,18H,8H2,(H2,17,19). The van der Waals surface area contributed by atoms with E-state index in [1.165, 1.54) is 0 Å². The molecule has 0 saturated heterocycles. The van der Waals surface area contributed by atoms with Gasteiger partial charge in [0.05, 0.1) is 0 Å². The van der Waals surface area contributed by atoms with E-state index >= 15 is 0 Å². The summed E-state index contributed by atoms with van der Waals surface area (Å²) in [5.74, 6) is 0. The van der Waals surface area contributed by atoms with E-state index in [-0.39, 0.29) is 0 Å². The number of nitrogens with one attached hydrogen (secondary N) is 1. The van der Waals surface area contributed by atoms with Crippen LogP contribution in [0.1, 0.15) is 11.1 Å². The number of benzene rings is 2. The van der Waals surface area contributed by atoms with Crippen LogP contribution in [0.3, 0.4) is 0 Å². The van der Waals surface area contributed by atoms with Gasteiger partial charge in [0.2, 0.25) is 0 Å². The van der Waals surface area contributed by atoms with E-state index in [9.17, 15) is 0 Å². The van der Waals surface area contributed by atoms with E-state index in [4.69, 9.17) is 41.2 Å². The van der Waals surface area contributed by atoms with Crippen molar-refractivity contribution in [3.63, 3.8) is 0 Å². The van der Waals surface area contributed by atoms with Crippen LogP contribution in [0.2, 0.25) is 10.0 Å². The molecule has 0 aromatic heterocycles. The molecule has 0 fully saturated rings. The molecule has 0 saturated carbocycles. The lowest BCUT2D eigenvalue weighted by Gasteiger charge is -2.12. The monoisotopic (exact) mass is 310 g/mol. The maximum atomic E-state index is 5.94. The van der Waals surface area contributed by atoms with Crippen molar-refractivity contribution in [2.24, 2.45) is 5.73 Å². The fourth-order valence-electron chi connectivity index (χ4n) is 1.72. The molecule has 0 heterocycles. The van der Waals surface area contributed by atoms with Gasteiger partial charge in [0.25, 0.3) is 0 Å². The minimum absolute atomic E-state index is 0.316. The first-order chi connectivity index (χ1) is 9.06. The van der Waals surface area contributed by atoms with Crippen LogP contribution >= 0.6 is 35.4 Å². The van der Waals surface area contributed by atoms with Crippen LogP contribution in [0, 0.1) is 0 Å². The van der Waals surface area contributed by atoms with Crippen molar-refractivity contribution in [1.29, 1.82) is 0 Å². The topological polar surface area (TPSA) is 38.0 Å². The first-order valence-electron chi connectivity index (χ1n) is 5.64. The second-order valence-corrected chi connectivity index (χ2v) is 5.35. The van der Waals surface area contributed by atoms with Gasteiger partial charge in [-0.15, -0.1) is 0 Å². The van der Waals surface area contributed by atoms with E-state index in [0.717, 1.165) is 16.8 Å². The molecule has 3 N–H and O–H groups in total. The molecule has 2 aromatic carbocycles. The molecule has 0 amide bonds. The highest BCUT2D eigenvalue weighted by Gasteiger charge is 2.06. The quantitative estimate of drug-likeness (QED) is 0.830. The maximum Gasteiger partial charge on any atom is 0.106 e. The smallest absolute Gasteiger partial charge is 0.106 e. The average molecular weight is 311 g/mol. The molecular formula is C14H12Cl2N2S. The summed E-state index contributed by atoms with van der Waals surface area (Å²) in [6.07, 6.45) is 0. The fraction of sp³-hybridized carbons (Fsp3) is 0.0714. The van der Waals surface area contributed by atoms with Crippen LogP contribution in [-0.4, -0.2) is 4.99 Å². The summed E-state index contributed by atoms with van der Waals surface area (Å²) in [4.78, 5) is 0.316. The van der Waals surface area contributed by atoms with Gasteiger partial charge in [-0.1, -0.05) is 47.6 Å². The van der Waals surface area contributed by atoms with Gasteiger partial charge in [-0.3, -0.25) is 0 Å². The van der Waals surface area contributed by atoms with Gasteiger partial charge in [-0.2, -0.15) is 0 Å².